The van der Waals surface area contributed by atoms with Crippen LogP contribution >= 0.6 is 0 Å². The van der Waals surface area contributed by atoms with Crippen LogP contribution in [0.2, 0.25) is 0 Å². The molecular formula is C33H26N2O3. The summed E-state index contributed by atoms with van der Waals surface area (Å²) in [7, 11) is 0. The molecule has 1 aliphatic heterocycles. The largest absolute Gasteiger partial charge is 0.322 e. The lowest BCUT2D eigenvalue weighted by atomic mass is 9.55. The highest BCUT2D eigenvalue weighted by atomic mass is 16.2. The Labute approximate surface area is 221 Å². The van der Waals surface area contributed by atoms with Crippen LogP contribution in [0.15, 0.2) is 91.0 Å². The van der Waals surface area contributed by atoms with Gasteiger partial charge in [0.05, 0.1) is 17.5 Å². The zero-order valence-corrected chi connectivity index (χ0v) is 21.1. The van der Waals surface area contributed by atoms with Crippen molar-refractivity contribution in [3.8, 4) is 0 Å². The maximum atomic E-state index is 14.0. The van der Waals surface area contributed by atoms with E-state index in [2.05, 4.69) is 29.6 Å². The molecule has 8 rings (SSSR count). The Morgan fingerprint density at radius 2 is 1.21 bits per heavy atom. The molecule has 0 unspecified atom stereocenters. The van der Waals surface area contributed by atoms with Gasteiger partial charge in [0.1, 0.15) is 0 Å². The molecule has 0 saturated carbocycles. The highest BCUT2D eigenvalue weighted by Crippen LogP contribution is 2.61. The van der Waals surface area contributed by atoms with Gasteiger partial charge in [0.2, 0.25) is 11.8 Å². The quantitative estimate of drug-likeness (QED) is 0.355. The van der Waals surface area contributed by atoms with Crippen molar-refractivity contribution in [2.24, 2.45) is 11.8 Å². The van der Waals surface area contributed by atoms with E-state index in [1.165, 1.54) is 4.90 Å². The molecule has 4 aromatic carbocycles. The third-order valence-corrected chi connectivity index (χ3v) is 8.67. The third-order valence-electron chi connectivity index (χ3n) is 8.67. The molecule has 3 aliphatic carbocycles. The van der Waals surface area contributed by atoms with Gasteiger partial charge in [0.25, 0.3) is 5.91 Å². The number of imide groups is 1. The van der Waals surface area contributed by atoms with Crippen molar-refractivity contribution in [2.45, 2.75) is 25.7 Å². The first-order valence-corrected chi connectivity index (χ1v) is 13.0. The van der Waals surface area contributed by atoms with E-state index in [0.717, 1.165) is 39.1 Å². The molecule has 1 heterocycles. The first-order chi connectivity index (χ1) is 18.5. The summed E-state index contributed by atoms with van der Waals surface area (Å²) >= 11 is 0. The summed E-state index contributed by atoms with van der Waals surface area (Å²) in [6, 6.07) is 29.0. The number of benzene rings is 4. The van der Waals surface area contributed by atoms with Crippen LogP contribution in [0.1, 0.15) is 55.6 Å². The molecule has 0 aromatic heterocycles. The summed E-state index contributed by atoms with van der Waals surface area (Å²) < 4.78 is 0. The SMILES string of the molecule is Cc1cccc(NC(=O)c2cccc(N3C(=O)[C@@H]4C5c6ccccc6C(c6ccccc65)[C@H]4C3=O)c2)c1C. The van der Waals surface area contributed by atoms with Gasteiger partial charge in [-0.25, -0.2) is 4.90 Å². The number of hydrogen-bond acceptors (Lipinski definition) is 3. The van der Waals surface area contributed by atoms with Gasteiger partial charge in [0.15, 0.2) is 0 Å². The standard InChI is InChI=1S/C33H26N2O3/c1-18-9-7-16-26(19(18)2)34-31(36)20-10-8-11-21(17-20)35-32(37)29-27-22-12-3-4-13-23(22)28(30(29)33(35)38)25-15-6-5-14-24(25)27/h3-17,27-30H,1-2H3,(H,34,36)/t27?,28?,29-,30-/m1/s1. The summed E-state index contributed by atoms with van der Waals surface area (Å²) in [5.41, 5.74) is 8.23. The van der Waals surface area contributed by atoms with Crippen molar-refractivity contribution in [1.82, 2.24) is 0 Å². The van der Waals surface area contributed by atoms with E-state index < -0.39 is 11.8 Å². The molecule has 186 valence electrons. The lowest BCUT2D eigenvalue weighted by molar-refractivity contribution is -0.122. The fraction of sp³-hybridized carbons (Fsp3) is 0.182. The molecule has 2 atom stereocenters. The summed E-state index contributed by atoms with van der Waals surface area (Å²) in [6.07, 6.45) is 0. The predicted octanol–water partition coefficient (Wildman–Crippen LogP) is 5.95. The van der Waals surface area contributed by atoms with Crippen molar-refractivity contribution in [2.75, 3.05) is 10.2 Å². The fourth-order valence-corrected chi connectivity index (χ4v) is 6.80. The Balaban J connectivity index is 1.26. The van der Waals surface area contributed by atoms with E-state index in [9.17, 15) is 14.4 Å². The third kappa shape index (κ3) is 3.08. The molecule has 4 aliphatic rings. The summed E-state index contributed by atoms with van der Waals surface area (Å²) in [4.78, 5) is 42.5. The zero-order chi connectivity index (χ0) is 26.1. The average Bonchev–Trinajstić information content (AvgIpc) is 3.21. The van der Waals surface area contributed by atoms with Crippen LogP contribution in [0.5, 0.6) is 0 Å². The second-order valence-electron chi connectivity index (χ2n) is 10.5. The first kappa shape index (κ1) is 22.7. The first-order valence-electron chi connectivity index (χ1n) is 13.0. The van der Waals surface area contributed by atoms with Gasteiger partial charge in [-0.1, -0.05) is 66.7 Å². The van der Waals surface area contributed by atoms with E-state index in [1.807, 2.05) is 56.3 Å². The number of nitrogens with one attached hydrogen (secondary N) is 1. The van der Waals surface area contributed by atoms with Gasteiger partial charge >= 0.3 is 0 Å². The minimum absolute atomic E-state index is 0.158. The highest BCUT2D eigenvalue weighted by Gasteiger charge is 2.61. The van der Waals surface area contributed by atoms with Crippen molar-refractivity contribution >= 4 is 29.1 Å². The molecule has 5 heteroatoms. The predicted molar refractivity (Wildman–Crippen MR) is 146 cm³/mol. The van der Waals surface area contributed by atoms with Gasteiger partial charge in [0, 0.05) is 23.1 Å². The van der Waals surface area contributed by atoms with Crippen LogP contribution < -0.4 is 10.2 Å². The topological polar surface area (TPSA) is 66.5 Å². The van der Waals surface area contributed by atoms with Crippen molar-refractivity contribution in [3.05, 3.63) is 130 Å². The lowest BCUT2D eigenvalue weighted by Crippen LogP contribution is -2.41. The number of hydrogen-bond donors (Lipinski definition) is 1. The van der Waals surface area contributed by atoms with Gasteiger partial charge in [-0.3, -0.25) is 14.4 Å². The number of aryl methyl sites for hydroxylation is 1. The van der Waals surface area contributed by atoms with E-state index in [4.69, 9.17) is 0 Å². The van der Waals surface area contributed by atoms with Crippen LogP contribution in [0.25, 0.3) is 0 Å². The smallest absolute Gasteiger partial charge is 0.255 e. The van der Waals surface area contributed by atoms with Gasteiger partial charge in [-0.05, 0) is 71.5 Å². The molecule has 2 bridgehead atoms. The molecule has 0 radical (unpaired) electrons. The fourth-order valence-electron chi connectivity index (χ4n) is 6.80. The zero-order valence-electron chi connectivity index (χ0n) is 21.1. The number of carbonyl (C=O) groups is 3. The maximum absolute atomic E-state index is 14.0. The Morgan fingerprint density at radius 3 is 1.76 bits per heavy atom. The number of anilines is 2. The van der Waals surface area contributed by atoms with E-state index >= 15 is 0 Å². The number of nitrogens with zero attached hydrogens (tertiary/aromatic N) is 1. The van der Waals surface area contributed by atoms with Gasteiger partial charge in [-0.2, -0.15) is 0 Å². The number of amides is 3. The lowest BCUT2D eigenvalue weighted by Gasteiger charge is -2.45. The van der Waals surface area contributed by atoms with Crippen molar-refractivity contribution in [1.29, 1.82) is 0 Å². The van der Waals surface area contributed by atoms with Crippen LogP contribution in [0.3, 0.4) is 0 Å². The van der Waals surface area contributed by atoms with Gasteiger partial charge < -0.3 is 5.32 Å². The summed E-state index contributed by atoms with van der Waals surface area (Å²) in [6.45, 7) is 3.97. The molecule has 1 fully saturated rings. The van der Waals surface area contributed by atoms with Crippen molar-refractivity contribution < 1.29 is 14.4 Å². The van der Waals surface area contributed by atoms with Crippen LogP contribution in [0, 0.1) is 25.7 Å². The van der Waals surface area contributed by atoms with Crippen LogP contribution in [0.4, 0.5) is 11.4 Å². The normalized spacial score (nSPS) is 22.6. The average molecular weight is 499 g/mol. The molecular weight excluding hydrogens is 472 g/mol. The molecule has 3 amide bonds. The molecule has 0 spiro atoms. The second-order valence-corrected chi connectivity index (χ2v) is 10.5. The van der Waals surface area contributed by atoms with Crippen LogP contribution in [-0.4, -0.2) is 17.7 Å². The van der Waals surface area contributed by atoms with Crippen molar-refractivity contribution in [3.63, 3.8) is 0 Å². The second kappa shape index (κ2) is 8.25. The molecule has 5 nitrogen and oxygen atoms in total. The van der Waals surface area contributed by atoms with Gasteiger partial charge in [-0.15, -0.1) is 0 Å². The Bertz CT molecular complexity index is 1560. The van der Waals surface area contributed by atoms with E-state index in [1.54, 1.807) is 24.3 Å². The Kier molecular flexibility index (Phi) is 4.92. The highest BCUT2D eigenvalue weighted by molar-refractivity contribution is 6.23. The molecule has 1 N–H and O–H groups in total. The molecule has 38 heavy (non-hydrogen) atoms. The Hall–Kier alpha value is -4.51. The molecule has 1 saturated heterocycles. The Morgan fingerprint density at radius 1 is 0.684 bits per heavy atom. The minimum Gasteiger partial charge on any atom is -0.322 e. The number of carbonyl (C=O) groups excluding carboxylic acids is 3. The van der Waals surface area contributed by atoms with E-state index in [-0.39, 0.29) is 29.6 Å². The van der Waals surface area contributed by atoms with Crippen LogP contribution in [-0.2, 0) is 9.59 Å². The minimum atomic E-state index is -0.454. The maximum Gasteiger partial charge on any atom is 0.255 e. The molecule has 4 aromatic rings. The summed E-state index contributed by atoms with van der Waals surface area (Å²) in [5, 5.41) is 2.98. The summed E-state index contributed by atoms with van der Waals surface area (Å²) in [5.74, 6) is -1.88. The monoisotopic (exact) mass is 498 g/mol. The number of rotatable bonds is 3. The van der Waals surface area contributed by atoms with E-state index in [0.29, 0.717) is 11.3 Å².